The Morgan fingerprint density at radius 1 is 1.00 bits per heavy atom. The van der Waals surface area contributed by atoms with Crippen molar-refractivity contribution >= 4 is 16.7 Å². The zero-order chi connectivity index (χ0) is 16.1. The molecule has 23 heavy (non-hydrogen) atoms. The van der Waals surface area contributed by atoms with E-state index in [1.807, 2.05) is 30.3 Å². The third-order valence-electron chi connectivity index (χ3n) is 3.69. The number of para-hydroxylation sites is 1. The van der Waals surface area contributed by atoms with E-state index in [4.69, 9.17) is 4.98 Å². The standard InChI is InChI=1S/C18H21N5/c1-23(2)13-5-10-20-18-15-6-3-4-7-16(15)21-17(22-18)14-8-11-19-12-9-14/h3-4,6-9,11-12H,5,10,13H2,1-2H3,(H,20,21,22)/p+1. The quantitative estimate of drug-likeness (QED) is 0.680. The molecule has 0 aliphatic rings. The van der Waals surface area contributed by atoms with Crippen LogP contribution in [0.1, 0.15) is 6.42 Å². The Morgan fingerprint density at radius 3 is 2.57 bits per heavy atom. The fraction of sp³-hybridized carbons (Fsp3) is 0.278. The predicted molar refractivity (Wildman–Crippen MR) is 93.6 cm³/mol. The number of rotatable bonds is 6. The highest BCUT2D eigenvalue weighted by Crippen LogP contribution is 2.24. The summed E-state index contributed by atoms with van der Waals surface area (Å²) in [5.41, 5.74) is 1.93. The first kappa shape index (κ1) is 15.4. The first-order valence-corrected chi connectivity index (χ1v) is 7.94. The van der Waals surface area contributed by atoms with E-state index in [2.05, 4.69) is 35.4 Å². The number of anilines is 1. The lowest BCUT2D eigenvalue weighted by Gasteiger charge is -2.12. The van der Waals surface area contributed by atoms with Crippen molar-refractivity contribution in [1.82, 2.24) is 15.0 Å². The van der Waals surface area contributed by atoms with E-state index in [0.717, 1.165) is 47.6 Å². The summed E-state index contributed by atoms with van der Waals surface area (Å²) in [6, 6.07) is 12.0. The second-order valence-electron chi connectivity index (χ2n) is 5.89. The van der Waals surface area contributed by atoms with Crippen LogP contribution >= 0.6 is 0 Å². The molecule has 0 bridgehead atoms. The van der Waals surface area contributed by atoms with Crippen LogP contribution in [-0.4, -0.2) is 42.1 Å². The molecule has 0 spiro atoms. The summed E-state index contributed by atoms with van der Waals surface area (Å²) in [6.07, 6.45) is 4.63. The average molecular weight is 308 g/mol. The summed E-state index contributed by atoms with van der Waals surface area (Å²) in [5.74, 6) is 1.63. The Bertz CT molecular complexity index is 771. The van der Waals surface area contributed by atoms with Crippen LogP contribution < -0.4 is 10.2 Å². The number of nitrogens with one attached hydrogen (secondary N) is 2. The van der Waals surface area contributed by atoms with E-state index in [-0.39, 0.29) is 0 Å². The molecule has 1 aromatic carbocycles. The van der Waals surface area contributed by atoms with Crippen LogP contribution in [0.15, 0.2) is 48.8 Å². The van der Waals surface area contributed by atoms with Crippen LogP contribution in [0.3, 0.4) is 0 Å². The number of hydrogen-bond donors (Lipinski definition) is 2. The molecule has 3 aromatic rings. The molecule has 0 saturated heterocycles. The van der Waals surface area contributed by atoms with Crippen molar-refractivity contribution in [3.05, 3.63) is 48.8 Å². The summed E-state index contributed by atoms with van der Waals surface area (Å²) in [6.45, 7) is 2.04. The minimum Gasteiger partial charge on any atom is -0.369 e. The fourth-order valence-corrected chi connectivity index (χ4v) is 2.49. The molecule has 0 radical (unpaired) electrons. The zero-order valence-electron chi connectivity index (χ0n) is 13.6. The first-order chi connectivity index (χ1) is 11.2. The molecule has 5 heteroatoms. The molecule has 0 atom stereocenters. The molecule has 0 saturated carbocycles. The van der Waals surface area contributed by atoms with Crippen molar-refractivity contribution in [1.29, 1.82) is 0 Å². The Kier molecular flexibility index (Phi) is 4.78. The van der Waals surface area contributed by atoms with Gasteiger partial charge in [-0.25, -0.2) is 9.97 Å². The van der Waals surface area contributed by atoms with Gasteiger partial charge in [-0.15, -0.1) is 0 Å². The molecular formula is C18H22N5+. The molecule has 5 nitrogen and oxygen atoms in total. The molecule has 2 heterocycles. The third-order valence-corrected chi connectivity index (χ3v) is 3.69. The van der Waals surface area contributed by atoms with Crippen LogP contribution in [0.2, 0.25) is 0 Å². The Morgan fingerprint density at radius 2 is 1.78 bits per heavy atom. The van der Waals surface area contributed by atoms with Gasteiger partial charge in [-0.05, 0) is 24.3 Å². The molecule has 2 aromatic heterocycles. The van der Waals surface area contributed by atoms with E-state index >= 15 is 0 Å². The molecule has 0 aliphatic carbocycles. The smallest absolute Gasteiger partial charge is 0.162 e. The van der Waals surface area contributed by atoms with Gasteiger partial charge in [0.2, 0.25) is 0 Å². The Labute approximate surface area is 136 Å². The maximum atomic E-state index is 4.73. The summed E-state index contributed by atoms with van der Waals surface area (Å²) >= 11 is 0. The van der Waals surface area contributed by atoms with Crippen molar-refractivity contribution in [2.45, 2.75) is 6.42 Å². The number of fused-ring (bicyclic) bond motifs is 1. The van der Waals surface area contributed by atoms with Gasteiger partial charge in [-0.2, -0.15) is 0 Å². The molecule has 3 rings (SSSR count). The van der Waals surface area contributed by atoms with E-state index in [9.17, 15) is 0 Å². The number of aromatic nitrogens is 3. The van der Waals surface area contributed by atoms with Gasteiger partial charge in [-0.1, -0.05) is 12.1 Å². The third kappa shape index (κ3) is 3.81. The minimum absolute atomic E-state index is 0.729. The maximum Gasteiger partial charge on any atom is 0.162 e. The predicted octanol–water partition coefficient (Wildman–Crippen LogP) is 1.64. The highest BCUT2D eigenvalue weighted by Gasteiger charge is 2.09. The number of nitrogens with zero attached hydrogens (tertiary/aromatic N) is 3. The van der Waals surface area contributed by atoms with Crippen LogP contribution in [0, 0.1) is 0 Å². The van der Waals surface area contributed by atoms with Gasteiger partial charge in [0.05, 0.1) is 26.2 Å². The van der Waals surface area contributed by atoms with Gasteiger partial charge in [-0.3, -0.25) is 4.98 Å². The minimum atomic E-state index is 0.729. The number of quaternary nitrogens is 1. The lowest BCUT2D eigenvalue weighted by atomic mass is 10.2. The van der Waals surface area contributed by atoms with Crippen molar-refractivity contribution in [3.63, 3.8) is 0 Å². The van der Waals surface area contributed by atoms with Crippen LogP contribution in [0.4, 0.5) is 5.82 Å². The molecule has 2 N–H and O–H groups in total. The van der Waals surface area contributed by atoms with E-state index in [1.54, 1.807) is 12.4 Å². The lowest BCUT2D eigenvalue weighted by molar-refractivity contribution is -0.858. The molecule has 0 amide bonds. The van der Waals surface area contributed by atoms with Crippen LogP contribution in [0.25, 0.3) is 22.3 Å². The van der Waals surface area contributed by atoms with Gasteiger partial charge in [0.15, 0.2) is 5.82 Å². The monoisotopic (exact) mass is 308 g/mol. The van der Waals surface area contributed by atoms with E-state index < -0.39 is 0 Å². The van der Waals surface area contributed by atoms with Crippen LogP contribution in [0.5, 0.6) is 0 Å². The summed E-state index contributed by atoms with van der Waals surface area (Å²) < 4.78 is 0. The second-order valence-corrected chi connectivity index (χ2v) is 5.89. The fourth-order valence-electron chi connectivity index (χ4n) is 2.49. The average Bonchev–Trinajstić information content (AvgIpc) is 2.59. The molecular weight excluding hydrogens is 286 g/mol. The normalized spacial score (nSPS) is 11.1. The highest BCUT2D eigenvalue weighted by molar-refractivity contribution is 5.90. The number of pyridine rings is 1. The summed E-state index contributed by atoms with van der Waals surface area (Å²) in [7, 11) is 4.34. The maximum absolute atomic E-state index is 4.73. The van der Waals surface area contributed by atoms with Crippen LogP contribution in [-0.2, 0) is 0 Å². The molecule has 118 valence electrons. The number of benzene rings is 1. The van der Waals surface area contributed by atoms with Crippen molar-refractivity contribution in [2.24, 2.45) is 0 Å². The van der Waals surface area contributed by atoms with E-state index in [0.29, 0.717) is 0 Å². The Hall–Kier alpha value is -2.53. The Balaban J connectivity index is 1.91. The molecule has 0 fully saturated rings. The molecule has 0 unspecified atom stereocenters. The van der Waals surface area contributed by atoms with Gasteiger partial charge in [0.1, 0.15) is 5.82 Å². The molecule has 0 aliphatic heterocycles. The topological polar surface area (TPSA) is 55.1 Å². The summed E-state index contributed by atoms with van der Waals surface area (Å²) in [4.78, 5) is 14.9. The number of hydrogen-bond acceptors (Lipinski definition) is 4. The SMILES string of the molecule is C[NH+](C)CCCNc1nc(-c2ccncc2)nc2ccccc12. The van der Waals surface area contributed by atoms with Crippen molar-refractivity contribution in [2.75, 3.05) is 32.5 Å². The zero-order valence-corrected chi connectivity index (χ0v) is 13.6. The summed E-state index contributed by atoms with van der Waals surface area (Å²) in [5, 5.41) is 4.53. The second kappa shape index (κ2) is 7.15. The largest absolute Gasteiger partial charge is 0.369 e. The van der Waals surface area contributed by atoms with E-state index in [1.165, 1.54) is 4.90 Å². The van der Waals surface area contributed by atoms with Gasteiger partial charge >= 0.3 is 0 Å². The first-order valence-electron chi connectivity index (χ1n) is 7.94. The van der Waals surface area contributed by atoms with Crippen molar-refractivity contribution in [3.8, 4) is 11.4 Å². The van der Waals surface area contributed by atoms with Crippen molar-refractivity contribution < 1.29 is 4.90 Å². The van der Waals surface area contributed by atoms with Gasteiger partial charge in [0.25, 0.3) is 0 Å². The highest BCUT2D eigenvalue weighted by atomic mass is 15.1. The lowest BCUT2D eigenvalue weighted by Crippen LogP contribution is -3.05. The van der Waals surface area contributed by atoms with Gasteiger partial charge < -0.3 is 10.2 Å². The van der Waals surface area contributed by atoms with Gasteiger partial charge in [0, 0.05) is 36.3 Å².